The molecule has 10 nitrogen and oxygen atoms in total. The average molecular weight is 567 g/mol. The molecule has 2 aromatic carbocycles. The van der Waals surface area contributed by atoms with Crippen molar-refractivity contribution in [3.8, 4) is 5.75 Å². The number of piperidine rings is 1. The van der Waals surface area contributed by atoms with Gasteiger partial charge in [-0.05, 0) is 80.5 Å². The SMILES string of the molecule is CC(N)c1cccc(OCCCCCOCCCOCCNc2ccc3c(c2)CN(C2CCC(=O)NC2=O)C3=O)c1. The Kier molecular flexibility index (Phi) is 11.5. The minimum absolute atomic E-state index is 0.00484. The van der Waals surface area contributed by atoms with Gasteiger partial charge in [0.2, 0.25) is 11.8 Å². The fourth-order valence-electron chi connectivity index (χ4n) is 4.98. The molecule has 4 rings (SSSR count). The molecule has 10 heteroatoms. The van der Waals surface area contributed by atoms with Crippen LogP contribution in [-0.2, 0) is 25.6 Å². The Morgan fingerprint density at radius 3 is 2.56 bits per heavy atom. The molecule has 0 bridgehead atoms. The van der Waals surface area contributed by atoms with Crippen LogP contribution in [0.5, 0.6) is 5.75 Å². The molecule has 222 valence electrons. The summed E-state index contributed by atoms with van der Waals surface area (Å²) in [6.45, 7) is 6.27. The predicted octanol–water partition coefficient (Wildman–Crippen LogP) is 3.55. The normalized spacial score (nSPS) is 17.4. The number of rotatable bonds is 17. The topological polar surface area (TPSA) is 132 Å². The van der Waals surface area contributed by atoms with Crippen LogP contribution in [0.4, 0.5) is 5.69 Å². The highest BCUT2D eigenvalue weighted by Gasteiger charge is 2.39. The second-order valence-corrected chi connectivity index (χ2v) is 10.5. The maximum atomic E-state index is 12.8. The number of nitrogens with zero attached hydrogens (tertiary/aromatic N) is 1. The Bertz CT molecular complexity index is 1190. The van der Waals surface area contributed by atoms with Crippen molar-refractivity contribution in [1.29, 1.82) is 0 Å². The molecule has 1 fully saturated rings. The van der Waals surface area contributed by atoms with Gasteiger partial charge in [-0.25, -0.2) is 0 Å². The molecule has 2 atom stereocenters. The van der Waals surface area contributed by atoms with Crippen molar-refractivity contribution in [3.05, 3.63) is 59.2 Å². The molecule has 2 aliphatic rings. The Morgan fingerprint density at radius 2 is 1.76 bits per heavy atom. The summed E-state index contributed by atoms with van der Waals surface area (Å²) in [5.41, 5.74) is 9.38. The van der Waals surface area contributed by atoms with Crippen LogP contribution in [0.3, 0.4) is 0 Å². The summed E-state index contributed by atoms with van der Waals surface area (Å²) in [5.74, 6) is 0.0176. The molecule has 2 heterocycles. The van der Waals surface area contributed by atoms with E-state index in [4.69, 9.17) is 19.9 Å². The van der Waals surface area contributed by atoms with E-state index in [9.17, 15) is 14.4 Å². The van der Waals surface area contributed by atoms with Crippen molar-refractivity contribution in [3.63, 3.8) is 0 Å². The molecule has 3 amide bonds. The molecular weight excluding hydrogens is 524 g/mol. The predicted molar refractivity (Wildman–Crippen MR) is 156 cm³/mol. The van der Waals surface area contributed by atoms with Gasteiger partial charge in [-0.15, -0.1) is 0 Å². The number of nitrogens with two attached hydrogens (primary N) is 1. The number of nitrogens with one attached hydrogen (secondary N) is 2. The van der Waals surface area contributed by atoms with Crippen molar-refractivity contribution in [2.45, 2.75) is 64.1 Å². The molecule has 0 spiro atoms. The number of benzene rings is 2. The monoisotopic (exact) mass is 566 g/mol. The van der Waals surface area contributed by atoms with E-state index in [0.717, 1.165) is 54.9 Å². The van der Waals surface area contributed by atoms with E-state index in [1.54, 1.807) is 11.0 Å². The fraction of sp³-hybridized carbons (Fsp3) is 0.516. The smallest absolute Gasteiger partial charge is 0.255 e. The third kappa shape index (κ3) is 9.01. The largest absolute Gasteiger partial charge is 0.494 e. The summed E-state index contributed by atoms with van der Waals surface area (Å²) in [6.07, 6.45) is 4.50. The lowest BCUT2D eigenvalue weighted by Gasteiger charge is -2.29. The summed E-state index contributed by atoms with van der Waals surface area (Å²) in [4.78, 5) is 38.0. The zero-order valence-electron chi connectivity index (χ0n) is 23.9. The summed E-state index contributed by atoms with van der Waals surface area (Å²) in [7, 11) is 0. The van der Waals surface area contributed by atoms with Crippen molar-refractivity contribution in [2.24, 2.45) is 5.73 Å². The van der Waals surface area contributed by atoms with E-state index in [1.165, 1.54) is 0 Å². The highest BCUT2D eigenvalue weighted by molar-refractivity contribution is 6.05. The number of carbonyl (C=O) groups excluding carboxylic acids is 3. The highest BCUT2D eigenvalue weighted by atomic mass is 16.5. The lowest BCUT2D eigenvalue weighted by molar-refractivity contribution is -0.136. The second-order valence-electron chi connectivity index (χ2n) is 10.5. The number of hydrogen-bond acceptors (Lipinski definition) is 8. The van der Waals surface area contributed by atoms with Gasteiger partial charge in [0.1, 0.15) is 11.8 Å². The van der Waals surface area contributed by atoms with E-state index >= 15 is 0 Å². The van der Waals surface area contributed by atoms with Crippen LogP contribution in [0, 0.1) is 0 Å². The van der Waals surface area contributed by atoms with Crippen molar-refractivity contribution in [2.75, 3.05) is 44.9 Å². The summed E-state index contributed by atoms with van der Waals surface area (Å²) in [6, 6.07) is 13.0. The lowest BCUT2D eigenvalue weighted by Crippen LogP contribution is -2.52. The molecule has 41 heavy (non-hydrogen) atoms. The summed E-state index contributed by atoms with van der Waals surface area (Å²) >= 11 is 0. The molecule has 4 N–H and O–H groups in total. The Hall–Kier alpha value is -3.47. The molecule has 2 aromatic rings. The molecule has 2 aliphatic heterocycles. The summed E-state index contributed by atoms with van der Waals surface area (Å²) in [5, 5.41) is 5.65. The van der Waals surface area contributed by atoms with Crippen LogP contribution in [0.2, 0.25) is 0 Å². The minimum Gasteiger partial charge on any atom is -0.494 e. The molecular formula is C31H42N4O6. The van der Waals surface area contributed by atoms with Crippen LogP contribution in [0.15, 0.2) is 42.5 Å². The van der Waals surface area contributed by atoms with Crippen LogP contribution < -0.4 is 21.1 Å². The van der Waals surface area contributed by atoms with E-state index in [1.807, 2.05) is 43.3 Å². The van der Waals surface area contributed by atoms with Gasteiger partial charge in [0, 0.05) is 56.6 Å². The first-order valence-electron chi connectivity index (χ1n) is 14.6. The van der Waals surface area contributed by atoms with Crippen molar-refractivity contribution < 1.29 is 28.6 Å². The number of hydrogen-bond donors (Lipinski definition) is 3. The number of imide groups is 1. The van der Waals surface area contributed by atoms with Gasteiger partial charge < -0.3 is 30.2 Å². The first-order valence-corrected chi connectivity index (χ1v) is 14.6. The third-order valence-corrected chi connectivity index (χ3v) is 7.26. The third-order valence-electron chi connectivity index (χ3n) is 7.26. The number of carbonyl (C=O) groups is 3. The molecule has 0 saturated carbocycles. The Labute approximate surface area is 241 Å². The Balaban J connectivity index is 0.995. The van der Waals surface area contributed by atoms with Crippen LogP contribution in [0.1, 0.15) is 73.0 Å². The van der Waals surface area contributed by atoms with Gasteiger partial charge in [-0.2, -0.15) is 0 Å². The highest BCUT2D eigenvalue weighted by Crippen LogP contribution is 2.29. The van der Waals surface area contributed by atoms with E-state index in [-0.39, 0.29) is 24.3 Å². The minimum atomic E-state index is -0.601. The zero-order chi connectivity index (χ0) is 29.0. The summed E-state index contributed by atoms with van der Waals surface area (Å²) < 4.78 is 17.2. The molecule has 2 unspecified atom stereocenters. The molecule has 0 radical (unpaired) electrons. The second kappa shape index (κ2) is 15.5. The van der Waals surface area contributed by atoms with E-state index < -0.39 is 11.9 Å². The first kappa shape index (κ1) is 30.5. The van der Waals surface area contributed by atoms with Crippen molar-refractivity contribution in [1.82, 2.24) is 10.2 Å². The first-order chi connectivity index (χ1) is 19.9. The van der Waals surface area contributed by atoms with Gasteiger partial charge >= 0.3 is 0 Å². The lowest BCUT2D eigenvalue weighted by atomic mass is 10.0. The Morgan fingerprint density at radius 1 is 0.976 bits per heavy atom. The molecule has 0 aromatic heterocycles. The standard InChI is InChI=1S/C31H42N4O6/c1-22(32)23-7-5-8-26(20-23)41-17-4-2-3-14-39-15-6-16-40-18-13-33-25-9-10-27-24(19-25)21-35(31(27)38)28-11-12-29(36)34-30(28)37/h5,7-10,19-20,22,28,33H,2-4,6,11-18,21,32H2,1H3,(H,34,36,37). The van der Waals surface area contributed by atoms with Gasteiger partial charge in [-0.1, -0.05) is 12.1 Å². The maximum Gasteiger partial charge on any atom is 0.255 e. The number of anilines is 1. The average Bonchev–Trinajstić information content (AvgIpc) is 3.28. The number of amides is 3. The van der Waals surface area contributed by atoms with E-state index in [0.29, 0.717) is 51.5 Å². The quantitative estimate of drug-likeness (QED) is 0.196. The zero-order valence-corrected chi connectivity index (χ0v) is 23.9. The molecule has 1 saturated heterocycles. The van der Waals surface area contributed by atoms with Gasteiger partial charge in [0.25, 0.3) is 5.91 Å². The molecule has 0 aliphatic carbocycles. The number of fused-ring (bicyclic) bond motifs is 1. The van der Waals surface area contributed by atoms with E-state index in [2.05, 4.69) is 10.6 Å². The number of unbranched alkanes of at least 4 members (excludes halogenated alkanes) is 2. The number of ether oxygens (including phenoxy) is 3. The van der Waals surface area contributed by atoms with Crippen LogP contribution in [-0.4, -0.2) is 68.2 Å². The van der Waals surface area contributed by atoms with Crippen molar-refractivity contribution >= 4 is 23.4 Å². The van der Waals surface area contributed by atoms with Crippen LogP contribution in [0.25, 0.3) is 0 Å². The van der Waals surface area contributed by atoms with Gasteiger partial charge in [0.15, 0.2) is 0 Å². The van der Waals surface area contributed by atoms with Gasteiger partial charge in [0.05, 0.1) is 13.2 Å². The maximum absolute atomic E-state index is 12.8. The fourth-order valence-corrected chi connectivity index (χ4v) is 4.98. The van der Waals surface area contributed by atoms with Gasteiger partial charge in [-0.3, -0.25) is 19.7 Å². The van der Waals surface area contributed by atoms with Crippen LogP contribution >= 0.6 is 0 Å².